The van der Waals surface area contributed by atoms with E-state index in [0.29, 0.717) is 115 Å². The zero-order chi connectivity index (χ0) is 98.1. The standard InChI is InChI=1S/C26H44O6.C25H42O5.C23H38O3.C21H36O.C20H34O.4CH4/c1-9-11-20(29)32-25(7,12-10-13-27)24-22-21(15(2)3)17(5)18(6)26(8,30)23(22)19(31-24)14-16(4)28;1-8-9-19(27)30-25(7)13-11-18-24(6,28)14-17(26)21-20(22(25)29-18)16(15(2)3)10-12-23(21,4)5;1-13(2)17-10-11-23(7,25)21-18(26-16(5)24)12-22(6)15(4)9-8-14(3)20(22)19(17)21;1-14(2)16-9-11-20(4,5)18-10-12-21(6)19(22-21)8-7-15(3)13-17(16)18;1-14(2)17-11-12-20(5,21)19-10-9-15(3)7-6-8-16(4)13-18(17)19;;;;/h13,15,17-19,21-24,30H,9-12,14H2,1-8H3;15-16,18,20-22,28H,8-14H2,1-7H3;13,15,17-21,25H,3,8-12H2,1-2,4-7H3;13-14,16-19H,7-12H2,1-6H3;7,13-14,17-19,21H,6,8-12H2,1-5H3;4*1H4/b;;;15-13-;15-7+,16-13-;;;;/t17-,18-,19-,21+,22-,23-,24?,25-,26-;16-,18-,20-,21-,22-,24-,25-;15-,17-,18+,19+,20+,21-,22+,23-;16-,17-,18-,19-,21-;17-,18-,19-,20-;;;;/m11111..../s1. The lowest BCUT2D eigenvalue weighted by atomic mass is 9.42. The highest BCUT2D eigenvalue weighted by molar-refractivity contribution is 5.83. The van der Waals surface area contributed by atoms with Gasteiger partial charge in [0, 0.05) is 68.6 Å². The number of epoxide rings is 1. The molecule has 7 saturated carbocycles. The van der Waals surface area contributed by atoms with Crippen molar-refractivity contribution in [3.8, 4) is 0 Å². The van der Waals surface area contributed by atoms with Gasteiger partial charge in [-0.05, 0) is 359 Å². The highest BCUT2D eigenvalue weighted by Gasteiger charge is 2.68. The van der Waals surface area contributed by atoms with Gasteiger partial charge >= 0.3 is 17.9 Å². The number of carbonyl (C=O) groups excluding carboxylic acids is 6. The molecule has 4 saturated heterocycles. The molecule has 0 aromatic heterocycles. The van der Waals surface area contributed by atoms with Gasteiger partial charge < -0.3 is 53.6 Å². The summed E-state index contributed by atoms with van der Waals surface area (Å²) in [5.74, 6) is 8.50. The van der Waals surface area contributed by atoms with Crippen molar-refractivity contribution in [3.05, 3.63) is 47.1 Å². The fourth-order valence-electron chi connectivity index (χ4n) is 30.2. The number of esters is 3. The Labute approximate surface area is 827 Å². The summed E-state index contributed by atoms with van der Waals surface area (Å²) in [4.78, 5) is 74.1. The van der Waals surface area contributed by atoms with E-state index in [9.17, 15) is 49.2 Å². The minimum Gasteiger partial charge on any atom is -0.462 e. The van der Waals surface area contributed by atoms with Crippen molar-refractivity contribution in [2.24, 2.45) is 158 Å². The highest BCUT2D eigenvalue weighted by atomic mass is 16.6. The van der Waals surface area contributed by atoms with Crippen LogP contribution in [-0.2, 0) is 57.2 Å². The molecule has 16 heteroatoms. The molecular formula is C119H210O16. The number of aldehydes is 1. The van der Waals surface area contributed by atoms with E-state index >= 15 is 0 Å². The van der Waals surface area contributed by atoms with Gasteiger partial charge in [0.05, 0.1) is 46.3 Å². The van der Waals surface area contributed by atoms with Crippen LogP contribution >= 0.6 is 0 Å². The van der Waals surface area contributed by atoms with Crippen LogP contribution in [0.15, 0.2) is 47.1 Å². The summed E-state index contributed by atoms with van der Waals surface area (Å²) in [5, 5.41) is 45.2. The number of ether oxygens (including phenoxy) is 6. The lowest BCUT2D eigenvalue weighted by Crippen LogP contribution is -2.65. The fourth-order valence-corrected chi connectivity index (χ4v) is 30.2. The molecule has 135 heavy (non-hydrogen) atoms. The SMILES string of the molecule is C.C.C.C.C/C1=C/[C@@H]2[C@@H](C(C)C)CCC(C)(C)[C@@H]2CC[C@@]2(C)O[C@@H]2CC1.C/C1=C/[C@@H]2[C@@H](C(C)C)CC[C@@](C)(O)[C@@H]2CC/C(C)=C/CC1.C=C1CC[C@@H](C)[C@]2(C)C[C@H](OC(C)=O)[C@@H]3[C@@H]([C@@H](C(C)C)CC[C@@]3(C)O)[C@H]12.CCCC(=O)O[C@](C)(CCC=O)C1O[C@H](CC(C)=O)[C@@H]2[C@H]1[C@@H](C(C)C)[C@H](C)[C@@H](C)[C@@]2(C)O.CCCC(=O)O[C@]1(C)CC[C@H]2O[C@@H]1[C@@H]1[C@@H](C(C)C)CCC(C)(C)[C@@H]1C(=O)C[C@@]2(C)O. The van der Waals surface area contributed by atoms with Gasteiger partial charge in [0.1, 0.15) is 47.4 Å². The van der Waals surface area contributed by atoms with Crippen LogP contribution in [0.5, 0.6) is 0 Å². The van der Waals surface area contributed by atoms with Crippen molar-refractivity contribution in [2.45, 2.75) is 513 Å². The monoisotopic (exact) mass is 1900 g/mol. The Morgan fingerprint density at radius 2 is 1.10 bits per heavy atom. The summed E-state index contributed by atoms with van der Waals surface area (Å²) in [6, 6.07) is 0. The largest absolute Gasteiger partial charge is 0.462 e. The van der Waals surface area contributed by atoms with Crippen LogP contribution in [0.25, 0.3) is 0 Å². The number of fused-ring (bicyclic) bond motifs is 11. The van der Waals surface area contributed by atoms with E-state index in [0.717, 1.165) is 100 Å². The van der Waals surface area contributed by atoms with Gasteiger partial charge in [-0.1, -0.05) is 215 Å². The van der Waals surface area contributed by atoms with Gasteiger partial charge in [0.15, 0.2) is 0 Å². The molecule has 2 bridgehead atoms. The van der Waals surface area contributed by atoms with Gasteiger partial charge in [0.25, 0.3) is 0 Å². The topological polar surface area (TPSA) is 242 Å². The minimum absolute atomic E-state index is 0. The lowest BCUT2D eigenvalue weighted by Gasteiger charge is -2.64. The molecule has 0 amide bonds. The van der Waals surface area contributed by atoms with E-state index in [1.165, 1.54) is 87.9 Å². The van der Waals surface area contributed by atoms with E-state index in [-0.39, 0.29) is 154 Å². The number of Topliss-reactive ketones (excluding diaryl/α,β-unsaturated/α-hetero) is 2. The normalized spacial score (nSPS) is 42.7. The van der Waals surface area contributed by atoms with Crippen LogP contribution in [0.2, 0.25) is 0 Å². The summed E-state index contributed by atoms with van der Waals surface area (Å²) >= 11 is 0. The molecule has 33 atom stereocenters. The first kappa shape index (κ1) is 122. The van der Waals surface area contributed by atoms with E-state index in [2.05, 4.69) is 184 Å². The lowest BCUT2D eigenvalue weighted by molar-refractivity contribution is -0.264. The number of hydrogen-bond acceptors (Lipinski definition) is 16. The second-order valence-corrected chi connectivity index (χ2v) is 50.7. The van der Waals surface area contributed by atoms with Crippen molar-refractivity contribution in [1.82, 2.24) is 0 Å². The van der Waals surface area contributed by atoms with Crippen LogP contribution in [0.1, 0.15) is 437 Å². The first-order chi connectivity index (χ1) is 60.7. The molecule has 16 nitrogen and oxygen atoms in total. The first-order valence-electron chi connectivity index (χ1n) is 53.3. The third-order valence-corrected chi connectivity index (χ3v) is 38.1. The van der Waals surface area contributed by atoms with Crippen molar-refractivity contribution in [3.63, 3.8) is 0 Å². The van der Waals surface area contributed by atoms with Crippen LogP contribution < -0.4 is 0 Å². The van der Waals surface area contributed by atoms with Gasteiger partial charge in [-0.25, -0.2) is 0 Å². The van der Waals surface area contributed by atoms with Crippen molar-refractivity contribution in [2.75, 3.05) is 0 Å². The zero-order valence-electron chi connectivity index (χ0n) is 89.0. The molecule has 9 aliphatic carbocycles. The molecule has 4 N–H and O–H groups in total. The Kier molecular flexibility index (Phi) is 43.4. The Morgan fingerprint density at radius 3 is 1.67 bits per heavy atom. The predicted octanol–water partition coefficient (Wildman–Crippen LogP) is 28.1. The molecule has 11 fully saturated rings. The Bertz CT molecular complexity index is 3940. The maximum atomic E-state index is 13.6. The number of allylic oxidation sites excluding steroid dienone is 7. The number of hydrogen-bond donors (Lipinski definition) is 4. The van der Waals surface area contributed by atoms with Gasteiger partial charge in [-0.2, -0.15) is 0 Å². The zero-order valence-corrected chi connectivity index (χ0v) is 89.0. The van der Waals surface area contributed by atoms with Crippen LogP contribution in [0.4, 0.5) is 0 Å². The molecular weight excluding hydrogens is 1690 g/mol. The average Bonchev–Trinajstić information content (AvgIpc) is 1.65. The van der Waals surface area contributed by atoms with Crippen LogP contribution in [0, 0.1) is 158 Å². The Balaban J connectivity index is 0.000000298. The number of carbonyl (C=O) groups is 6. The predicted molar refractivity (Wildman–Crippen MR) is 555 cm³/mol. The molecule has 4 heterocycles. The second kappa shape index (κ2) is 48.2. The number of aliphatic hydroxyl groups is 4. The highest BCUT2D eigenvalue weighted by Crippen LogP contribution is 2.67. The molecule has 0 aromatic carbocycles. The summed E-state index contributed by atoms with van der Waals surface area (Å²) in [6.07, 6.45) is 32.9. The van der Waals surface area contributed by atoms with Crippen LogP contribution in [-0.4, -0.2) is 132 Å². The van der Waals surface area contributed by atoms with E-state index in [1.54, 1.807) is 19.4 Å². The van der Waals surface area contributed by atoms with Crippen molar-refractivity contribution < 1.29 is 77.6 Å². The minimum atomic E-state index is -1.20. The fraction of sp³-hybridized carbons (Fsp3) is 0.882. The number of rotatable bonds is 18. The summed E-state index contributed by atoms with van der Waals surface area (Å²) in [6.45, 7) is 73.6. The second-order valence-electron chi connectivity index (χ2n) is 50.7. The Morgan fingerprint density at radius 1 is 0.570 bits per heavy atom. The summed E-state index contributed by atoms with van der Waals surface area (Å²) in [5.41, 5.74) is 1.31. The molecule has 0 aromatic rings. The molecule has 13 aliphatic rings. The third-order valence-electron chi connectivity index (χ3n) is 38.1. The smallest absolute Gasteiger partial charge is 0.306 e. The Hall–Kier alpha value is -3.90. The van der Waals surface area contributed by atoms with Crippen LogP contribution in [0.3, 0.4) is 0 Å². The third kappa shape index (κ3) is 27.4. The molecule has 4 aliphatic heterocycles. The van der Waals surface area contributed by atoms with Gasteiger partial charge in [-0.15, -0.1) is 0 Å². The average molecular weight is 1900 g/mol. The quantitative estimate of drug-likeness (QED) is 0.0328. The van der Waals surface area contributed by atoms with Crippen molar-refractivity contribution >= 4 is 35.8 Å². The summed E-state index contributed by atoms with van der Waals surface area (Å²) < 4.78 is 37.4. The maximum Gasteiger partial charge on any atom is 0.306 e. The number of ketones is 2. The van der Waals surface area contributed by atoms with Gasteiger partial charge in [0.2, 0.25) is 0 Å². The van der Waals surface area contributed by atoms with Gasteiger partial charge in [-0.3, -0.25) is 24.0 Å². The first-order valence-corrected chi connectivity index (χ1v) is 53.3. The van der Waals surface area contributed by atoms with E-state index in [4.69, 9.17) is 28.4 Å². The van der Waals surface area contributed by atoms with Crippen molar-refractivity contribution in [1.29, 1.82) is 0 Å². The molecule has 782 valence electrons. The molecule has 13 rings (SSSR count). The van der Waals surface area contributed by atoms with E-state index < -0.39 is 51.9 Å². The maximum absolute atomic E-state index is 13.6. The molecule has 0 spiro atoms. The molecule has 0 radical (unpaired) electrons. The van der Waals surface area contributed by atoms with E-state index in [1.807, 2.05) is 41.5 Å². The summed E-state index contributed by atoms with van der Waals surface area (Å²) in [7, 11) is 0. The molecule has 1 unspecified atom stereocenters.